The molecule has 0 saturated heterocycles. The molecule has 5 nitrogen and oxygen atoms in total. The Labute approximate surface area is 159 Å². The van der Waals surface area contributed by atoms with Gasteiger partial charge in [0.1, 0.15) is 19.0 Å². The molecule has 0 unspecified atom stereocenters. The largest absolute Gasteiger partial charge is 0.490 e. The van der Waals surface area contributed by atoms with E-state index < -0.39 is 0 Å². The monoisotopic (exact) mass is 367 g/mol. The van der Waals surface area contributed by atoms with E-state index in [0.717, 1.165) is 24.2 Å². The van der Waals surface area contributed by atoms with Gasteiger partial charge in [0.25, 0.3) is 5.91 Å². The van der Waals surface area contributed by atoms with E-state index >= 15 is 0 Å². The molecular formula is C22H25NO4. The number of ether oxygens (including phenoxy) is 3. The Morgan fingerprint density at radius 2 is 1.78 bits per heavy atom. The Hall–Kier alpha value is -2.69. The predicted molar refractivity (Wildman–Crippen MR) is 103 cm³/mol. The summed E-state index contributed by atoms with van der Waals surface area (Å²) in [6, 6.07) is 13.3. The fourth-order valence-electron chi connectivity index (χ4n) is 3.59. The second-order valence-corrected chi connectivity index (χ2v) is 7.03. The summed E-state index contributed by atoms with van der Waals surface area (Å²) in [6.07, 6.45) is 6.46. The molecule has 2 aromatic carbocycles. The number of para-hydroxylation sites is 1. The number of fused-ring (bicyclic) bond motifs is 1. The van der Waals surface area contributed by atoms with Gasteiger partial charge in [-0.15, -0.1) is 0 Å². The number of amides is 1. The lowest BCUT2D eigenvalue weighted by Crippen LogP contribution is -2.25. The van der Waals surface area contributed by atoms with Crippen LogP contribution < -0.4 is 19.5 Å². The van der Waals surface area contributed by atoms with Crippen molar-refractivity contribution in [1.82, 2.24) is 5.32 Å². The van der Waals surface area contributed by atoms with Crippen molar-refractivity contribution < 1.29 is 19.0 Å². The molecule has 1 saturated carbocycles. The summed E-state index contributed by atoms with van der Waals surface area (Å²) in [7, 11) is 0. The molecule has 0 radical (unpaired) electrons. The summed E-state index contributed by atoms with van der Waals surface area (Å²) in [5.74, 6) is 1.88. The molecule has 2 aromatic rings. The van der Waals surface area contributed by atoms with Crippen LogP contribution in [0.3, 0.4) is 0 Å². The highest BCUT2D eigenvalue weighted by atomic mass is 16.6. The lowest BCUT2D eigenvalue weighted by Gasteiger charge is -2.23. The van der Waals surface area contributed by atoms with Crippen molar-refractivity contribution in [2.75, 3.05) is 13.2 Å². The van der Waals surface area contributed by atoms with E-state index in [0.29, 0.717) is 42.9 Å². The van der Waals surface area contributed by atoms with Gasteiger partial charge < -0.3 is 19.5 Å². The fraction of sp³-hybridized carbons (Fsp3) is 0.409. The zero-order chi connectivity index (χ0) is 18.5. The van der Waals surface area contributed by atoms with Gasteiger partial charge in [-0.2, -0.15) is 0 Å². The summed E-state index contributed by atoms with van der Waals surface area (Å²) in [5, 5.41) is 2.95. The van der Waals surface area contributed by atoms with Gasteiger partial charge in [-0.1, -0.05) is 24.6 Å². The number of hydrogen-bond donors (Lipinski definition) is 1. The first kappa shape index (κ1) is 17.7. The molecule has 0 spiro atoms. The second kappa shape index (κ2) is 8.33. The molecular weight excluding hydrogens is 342 g/mol. The number of hydrogen-bond acceptors (Lipinski definition) is 4. The maximum absolute atomic E-state index is 12.5. The number of benzene rings is 2. The smallest absolute Gasteiger partial charge is 0.255 e. The van der Waals surface area contributed by atoms with Crippen molar-refractivity contribution in [1.29, 1.82) is 0 Å². The lowest BCUT2D eigenvalue weighted by atomic mass is 9.98. The first-order chi connectivity index (χ1) is 13.3. The third kappa shape index (κ3) is 4.35. The molecule has 27 heavy (non-hydrogen) atoms. The minimum absolute atomic E-state index is 0.167. The third-order valence-corrected chi connectivity index (χ3v) is 5.04. The van der Waals surface area contributed by atoms with E-state index in [4.69, 9.17) is 14.2 Å². The zero-order valence-corrected chi connectivity index (χ0v) is 15.4. The Bertz CT molecular complexity index is 781. The normalized spacial score (nSPS) is 16.6. The first-order valence-electron chi connectivity index (χ1n) is 9.72. The maximum Gasteiger partial charge on any atom is 0.255 e. The average molecular weight is 367 g/mol. The quantitative estimate of drug-likeness (QED) is 0.864. The van der Waals surface area contributed by atoms with Crippen LogP contribution in [-0.2, 0) is 6.54 Å². The summed E-state index contributed by atoms with van der Waals surface area (Å²) < 4.78 is 17.2. The fourth-order valence-corrected chi connectivity index (χ4v) is 3.59. The minimum Gasteiger partial charge on any atom is -0.490 e. The highest BCUT2D eigenvalue weighted by Crippen LogP contribution is 2.33. The van der Waals surface area contributed by atoms with E-state index in [1.165, 1.54) is 19.3 Å². The van der Waals surface area contributed by atoms with Gasteiger partial charge in [0.05, 0.1) is 11.7 Å². The van der Waals surface area contributed by atoms with Crippen LogP contribution in [0, 0.1) is 0 Å². The van der Waals surface area contributed by atoms with Crippen LogP contribution in [-0.4, -0.2) is 25.2 Å². The minimum atomic E-state index is -0.167. The van der Waals surface area contributed by atoms with Crippen molar-refractivity contribution in [2.24, 2.45) is 0 Å². The van der Waals surface area contributed by atoms with E-state index in [1.807, 2.05) is 30.3 Å². The second-order valence-electron chi connectivity index (χ2n) is 7.03. The van der Waals surface area contributed by atoms with Crippen molar-refractivity contribution in [3.63, 3.8) is 0 Å². The Morgan fingerprint density at radius 1 is 1.00 bits per heavy atom. The molecule has 1 N–H and O–H groups in total. The van der Waals surface area contributed by atoms with E-state index in [2.05, 4.69) is 5.32 Å². The van der Waals surface area contributed by atoms with E-state index in [9.17, 15) is 4.79 Å². The molecule has 142 valence electrons. The van der Waals surface area contributed by atoms with Crippen LogP contribution in [0.5, 0.6) is 17.2 Å². The van der Waals surface area contributed by atoms with Crippen molar-refractivity contribution >= 4 is 5.91 Å². The topological polar surface area (TPSA) is 56.8 Å². The number of carbonyl (C=O) groups is 1. The highest BCUT2D eigenvalue weighted by Gasteiger charge is 2.20. The molecule has 1 heterocycles. The van der Waals surface area contributed by atoms with Crippen LogP contribution in [0.1, 0.15) is 48.0 Å². The number of carbonyl (C=O) groups excluding carboxylic acids is 1. The molecule has 1 amide bonds. The molecule has 0 bridgehead atoms. The van der Waals surface area contributed by atoms with Gasteiger partial charge in [-0.3, -0.25) is 4.79 Å². The summed E-state index contributed by atoms with van der Waals surface area (Å²) in [5.41, 5.74) is 1.53. The van der Waals surface area contributed by atoms with Crippen molar-refractivity contribution in [3.05, 3.63) is 53.6 Å². The van der Waals surface area contributed by atoms with Gasteiger partial charge >= 0.3 is 0 Å². The molecule has 1 aliphatic heterocycles. The van der Waals surface area contributed by atoms with E-state index in [-0.39, 0.29) is 5.91 Å². The van der Waals surface area contributed by atoms with E-state index in [1.54, 1.807) is 12.1 Å². The van der Waals surface area contributed by atoms with Crippen LogP contribution in [0.15, 0.2) is 42.5 Å². The van der Waals surface area contributed by atoms with Gasteiger partial charge in [0.2, 0.25) is 0 Å². The summed E-state index contributed by atoms with van der Waals surface area (Å²) in [4.78, 5) is 12.5. The Balaban J connectivity index is 1.34. The van der Waals surface area contributed by atoms with Crippen molar-refractivity contribution in [2.45, 2.75) is 44.8 Å². The van der Waals surface area contributed by atoms with Gasteiger partial charge in [-0.05, 0) is 55.5 Å². The van der Waals surface area contributed by atoms with Crippen LogP contribution in [0.2, 0.25) is 0 Å². The molecule has 0 atom stereocenters. The van der Waals surface area contributed by atoms with Crippen LogP contribution >= 0.6 is 0 Å². The number of rotatable bonds is 5. The summed E-state index contributed by atoms with van der Waals surface area (Å²) in [6.45, 7) is 1.42. The number of nitrogens with one attached hydrogen (secondary N) is 1. The average Bonchev–Trinajstić information content (AvgIpc) is 2.73. The molecule has 1 fully saturated rings. The first-order valence-corrected chi connectivity index (χ1v) is 9.72. The Morgan fingerprint density at radius 3 is 2.59 bits per heavy atom. The molecule has 0 aromatic heterocycles. The predicted octanol–water partition coefficient (Wildman–Crippen LogP) is 4.10. The molecule has 2 aliphatic rings. The molecule has 5 heteroatoms. The molecule has 4 rings (SSSR count). The SMILES string of the molecule is O=C(NCc1ccc(OC2CCCCC2)cc1)c1cccc2c1OCCO2. The zero-order valence-electron chi connectivity index (χ0n) is 15.4. The third-order valence-electron chi connectivity index (χ3n) is 5.04. The van der Waals surface area contributed by atoms with Crippen molar-refractivity contribution in [3.8, 4) is 17.2 Å². The lowest BCUT2D eigenvalue weighted by molar-refractivity contribution is 0.0940. The van der Waals surface area contributed by atoms with Crippen LogP contribution in [0.4, 0.5) is 0 Å². The van der Waals surface area contributed by atoms with Gasteiger partial charge in [0, 0.05) is 6.54 Å². The Kier molecular flexibility index (Phi) is 5.47. The highest BCUT2D eigenvalue weighted by molar-refractivity contribution is 5.97. The van der Waals surface area contributed by atoms with Crippen LogP contribution in [0.25, 0.3) is 0 Å². The standard InChI is InChI=1S/C22H25NO4/c24-22(19-7-4-8-20-21(19)26-14-13-25-20)23-15-16-9-11-18(12-10-16)27-17-5-2-1-3-6-17/h4,7-12,17H,1-3,5-6,13-15H2,(H,23,24). The maximum atomic E-state index is 12.5. The van der Waals surface area contributed by atoms with Gasteiger partial charge in [0.15, 0.2) is 11.5 Å². The van der Waals surface area contributed by atoms with Gasteiger partial charge in [-0.25, -0.2) is 0 Å². The molecule has 1 aliphatic carbocycles. The summed E-state index contributed by atoms with van der Waals surface area (Å²) >= 11 is 0.